The van der Waals surface area contributed by atoms with Gasteiger partial charge in [0.1, 0.15) is 11.3 Å². The van der Waals surface area contributed by atoms with E-state index in [2.05, 4.69) is 21.2 Å². The van der Waals surface area contributed by atoms with Gasteiger partial charge < -0.3 is 19.2 Å². The molecule has 3 aromatic rings. The van der Waals surface area contributed by atoms with Crippen LogP contribution in [0.25, 0.3) is 11.0 Å². The highest BCUT2D eigenvalue weighted by atomic mass is 79.9. The first kappa shape index (κ1) is 18.0. The number of esters is 1. The first-order chi connectivity index (χ1) is 12.5. The number of carbonyl (C=O) groups excluding carboxylic acids is 2. The molecule has 1 amide bonds. The summed E-state index contributed by atoms with van der Waals surface area (Å²) >= 11 is 3.38. The Kier molecular flexibility index (Phi) is 5.27. The second-order valence-electron chi connectivity index (χ2n) is 5.52. The lowest BCUT2D eigenvalue weighted by Gasteiger charge is -2.09. The summed E-state index contributed by atoms with van der Waals surface area (Å²) in [5.74, 6) is -0.557. The molecule has 1 aromatic heterocycles. The molecule has 0 saturated heterocycles. The molecule has 7 heteroatoms. The van der Waals surface area contributed by atoms with E-state index in [4.69, 9.17) is 13.9 Å². The third-order valence-corrected chi connectivity index (χ3v) is 4.29. The van der Waals surface area contributed by atoms with Crippen molar-refractivity contribution in [2.24, 2.45) is 0 Å². The van der Waals surface area contributed by atoms with Gasteiger partial charge in [-0.05, 0) is 37.3 Å². The van der Waals surface area contributed by atoms with Gasteiger partial charge in [0.15, 0.2) is 6.61 Å². The van der Waals surface area contributed by atoms with Crippen LogP contribution in [0.1, 0.15) is 16.1 Å². The summed E-state index contributed by atoms with van der Waals surface area (Å²) in [6.45, 7) is 1.33. The van der Waals surface area contributed by atoms with Crippen molar-refractivity contribution in [2.75, 3.05) is 19.0 Å². The molecule has 0 fully saturated rings. The summed E-state index contributed by atoms with van der Waals surface area (Å²) in [5, 5.41) is 3.45. The molecule has 0 aliphatic rings. The van der Waals surface area contributed by atoms with Crippen LogP contribution < -0.4 is 10.1 Å². The SMILES string of the molecule is COc1ccccc1NC(=O)COC(=O)c1oc2ccc(Br)cc2c1C. The molecule has 0 unspecified atom stereocenters. The fourth-order valence-electron chi connectivity index (χ4n) is 2.52. The number of hydrogen-bond donors (Lipinski definition) is 1. The third kappa shape index (κ3) is 3.72. The summed E-state index contributed by atoms with van der Waals surface area (Å²) in [4.78, 5) is 24.3. The number of carbonyl (C=O) groups is 2. The topological polar surface area (TPSA) is 77.8 Å². The Morgan fingerprint density at radius 2 is 1.96 bits per heavy atom. The molecule has 0 atom stereocenters. The van der Waals surface area contributed by atoms with Crippen molar-refractivity contribution in [3.8, 4) is 5.75 Å². The van der Waals surface area contributed by atoms with Crippen molar-refractivity contribution in [1.29, 1.82) is 0 Å². The highest BCUT2D eigenvalue weighted by molar-refractivity contribution is 9.10. The number of ether oxygens (including phenoxy) is 2. The van der Waals surface area contributed by atoms with E-state index < -0.39 is 18.5 Å². The number of amides is 1. The van der Waals surface area contributed by atoms with Gasteiger partial charge in [-0.3, -0.25) is 4.79 Å². The van der Waals surface area contributed by atoms with Gasteiger partial charge in [-0.15, -0.1) is 0 Å². The van der Waals surface area contributed by atoms with Gasteiger partial charge in [0, 0.05) is 15.4 Å². The van der Waals surface area contributed by atoms with Gasteiger partial charge in [-0.2, -0.15) is 0 Å². The molecule has 6 nitrogen and oxygen atoms in total. The van der Waals surface area contributed by atoms with Gasteiger partial charge in [-0.1, -0.05) is 28.1 Å². The lowest BCUT2D eigenvalue weighted by atomic mass is 10.1. The quantitative estimate of drug-likeness (QED) is 0.625. The van der Waals surface area contributed by atoms with E-state index in [1.54, 1.807) is 37.3 Å². The van der Waals surface area contributed by atoms with Crippen LogP contribution in [-0.2, 0) is 9.53 Å². The number of rotatable bonds is 5. The van der Waals surface area contributed by atoms with E-state index in [0.29, 0.717) is 22.6 Å². The molecular weight excluding hydrogens is 402 g/mol. The number of anilines is 1. The highest BCUT2D eigenvalue weighted by Crippen LogP contribution is 2.28. The molecule has 26 heavy (non-hydrogen) atoms. The largest absolute Gasteiger partial charge is 0.495 e. The van der Waals surface area contributed by atoms with Crippen molar-refractivity contribution >= 4 is 44.5 Å². The Morgan fingerprint density at radius 1 is 1.19 bits per heavy atom. The number of furan rings is 1. The Morgan fingerprint density at radius 3 is 2.73 bits per heavy atom. The molecule has 0 radical (unpaired) electrons. The van der Waals surface area contributed by atoms with Crippen LogP contribution in [0, 0.1) is 6.92 Å². The van der Waals surface area contributed by atoms with E-state index in [9.17, 15) is 9.59 Å². The highest BCUT2D eigenvalue weighted by Gasteiger charge is 2.20. The number of aryl methyl sites for hydroxylation is 1. The van der Waals surface area contributed by atoms with Gasteiger partial charge in [0.25, 0.3) is 5.91 Å². The van der Waals surface area contributed by atoms with Crippen molar-refractivity contribution in [3.63, 3.8) is 0 Å². The number of fused-ring (bicyclic) bond motifs is 1. The van der Waals surface area contributed by atoms with E-state index in [0.717, 1.165) is 9.86 Å². The second kappa shape index (κ2) is 7.61. The van der Waals surface area contributed by atoms with Crippen LogP contribution in [0.3, 0.4) is 0 Å². The molecule has 0 saturated carbocycles. The zero-order chi connectivity index (χ0) is 18.7. The van der Waals surface area contributed by atoms with Crippen molar-refractivity contribution in [1.82, 2.24) is 0 Å². The van der Waals surface area contributed by atoms with Gasteiger partial charge in [0.2, 0.25) is 5.76 Å². The molecule has 3 rings (SSSR count). The molecule has 1 N–H and O–H groups in total. The Bertz CT molecular complexity index is 979. The average Bonchev–Trinajstić information content (AvgIpc) is 2.96. The van der Waals surface area contributed by atoms with E-state index in [-0.39, 0.29) is 5.76 Å². The molecule has 0 aliphatic heterocycles. The zero-order valence-corrected chi connectivity index (χ0v) is 15.8. The summed E-state index contributed by atoms with van der Waals surface area (Å²) < 4.78 is 16.7. The number of benzene rings is 2. The first-order valence-electron chi connectivity index (χ1n) is 7.78. The van der Waals surface area contributed by atoms with Gasteiger partial charge in [-0.25, -0.2) is 4.79 Å². The lowest BCUT2D eigenvalue weighted by Crippen LogP contribution is -2.21. The Hall–Kier alpha value is -2.80. The maximum absolute atomic E-state index is 12.3. The fraction of sp³-hybridized carbons (Fsp3) is 0.158. The molecule has 1 heterocycles. The number of para-hydroxylation sites is 2. The predicted octanol–water partition coefficient (Wildman–Crippen LogP) is 4.31. The monoisotopic (exact) mass is 417 g/mol. The van der Waals surface area contributed by atoms with Crippen LogP contribution in [0.4, 0.5) is 5.69 Å². The minimum Gasteiger partial charge on any atom is -0.495 e. The maximum Gasteiger partial charge on any atom is 0.375 e. The maximum atomic E-state index is 12.3. The van der Waals surface area contributed by atoms with Crippen molar-refractivity contribution in [3.05, 3.63) is 58.3 Å². The molecular formula is C19H16BrNO5. The van der Waals surface area contributed by atoms with Crippen molar-refractivity contribution < 1.29 is 23.5 Å². The summed E-state index contributed by atoms with van der Waals surface area (Å²) in [6, 6.07) is 12.4. The first-order valence-corrected chi connectivity index (χ1v) is 8.57. The number of methoxy groups -OCH3 is 1. The number of halogens is 1. The average molecular weight is 418 g/mol. The second-order valence-corrected chi connectivity index (χ2v) is 6.44. The van der Waals surface area contributed by atoms with Crippen LogP contribution in [0.2, 0.25) is 0 Å². The molecule has 0 spiro atoms. The van der Waals surface area contributed by atoms with Gasteiger partial charge >= 0.3 is 5.97 Å². The van der Waals surface area contributed by atoms with Crippen LogP contribution >= 0.6 is 15.9 Å². The zero-order valence-electron chi connectivity index (χ0n) is 14.2. The minimum absolute atomic E-state index is 0.0863. The third-order valence-electron chi connectivity index (χ3n) is 3.80. The summed E-state index contributed by atoms with van der Waals surface area (Å²) in [6.07, 6.45) is 0. The summed E-state index contributed by atoms with van der Waals surface area (Å²) in [7, 11) is 1.51. The predicted molar refractivity (Wildman–Crippen MR) is 101 cm³/mol. The van der Waals surface area contributed by atoms with Crippen LogP contribution in [-0.4, -0.2) is 25.6 Å². The Balaban J connectivity index is 1.67. The van der Waals surface area contributed by atoms with Crippen LogP contribution in [0.15, 0.2) is 51.4 Å². The molecule has 2 aromatic carbocycles. The summed E-state index contributed by atoms with van der Waals surface area (Å²) in [5.41, 5.74) is 1.74. The normalized spacial score (nSPS) is 10.6. The fourth-order valence-corrected chi connectivity index (χ4v) is 2.88. The van der Waals surface area contributed by atoms with Crippen LogP contribution in [0.5, 0.6) is 5.75 Å². The van der Waals surface area contributed by atoms with Gasteiger partial charge in [0.05, 0.1) is 12.8 Å². The molecule has 134 valence electrons. The lowest BCUT2D eigenvalue weighted by molar-refractivity contribution is -0.119. The standard InChI is InChI=1S/C19H16BrNO5/c1-11-13-9-12(20)7-8-15(13)26-18(11)19(23)25-10-17(22)21-14-5-3-4-6-16(14)24-2/h3-9H,10H2,1-2H3,(H,21,22). The van der Waals surface area contributed by atoms with E-state index in [1.165, 1.54) is 7.11 Å². The molecule has 0 bridgehead atoms. The Labute approximate surface area is 158 Å². The smallest absolute Gasteiger partial charge is 0.375 e. The number of nitrogens with one attached hydrogen (secondary N) is 1. The molecule has 0 aliphatic carbocycles. The van der Waals surface area contributed by atoms with Crippen molar-refractivity contribution in [2.45, 2.75) is 6.92 Å². The van der Waals surface area contributed by atoms with E-state index >= 15 is 0 Å². The van der Waals surface area contributed by atoms with E-state index in [1.807, 2.05) is 12.1 Å². The minimum atomic E-state index is -0.690. The number of hydrogen-bond acceptors (Lipinski definition) is 5.